The first kappa shape index (κ1) is 21.3. The summed E-state index contributed by atoms with van der Waals surface area (Å²) in [7, 11) is 1.59. The minimum atomic E-state index is 0.170. The van der Waals surface area contributed by atoms with Crippen LogP contribution in [0.2, 0.25) is 0 Å². The van der Waals surface area contributed by atoms with E-state index in [2.05, 4.69) is 30.8 Å². The van der Waals surface area contributed by atoms with Crippen molar-refractivity contribution in [2.75, 3.05) is 17.7 Å². The minimum absolute atomic E-state index is 0.170. The SMILES string of the molecule is COc1cnc(C)nc1Nc1n[nH]c2ccccc12.Cc1ccc(NC(=O)C2CC2)cc1. The van der Waals surface area contributed by atoms with E-state index in [1.54, 1.807) is 13.3 Å². The highest BCUT2D eigenvalue weighted by atomic mass is 16.5. The quantitative estimate of drug-likeness (QED) is 0.422. The Hall–Kier alpha value is -3.94. The van der Waals surface area contributed by atoms with Gasteiger partial charge in [-0.05, 0) is 51.0 Å². The first-order valence-electron chi connectivity index (χ1n) is 10.5. The number of aryl methyl sites for hydroxylation is 2. The Bertz CT molecular complexity index is 1210. The monoisotopic (exact) mass is 430 g/mol. The number of benzene rings is 2. The van der Waals surface area contributed by atoms with Crippen molar-refractivity contribution in [2.24, 2.45) is 5.92 Å². The zero-order valence-electron chi connectivity index (χ0n) is 18.3. The van der Waals surface area contributed by atoms with Crippen molar-refractivity contribution in [2.45, 2.75) is 26.7 Å². The Morgan fingerprint density at radius 2 is 1.81 bits per heavy atom. The van der Waals surface area contributed by atoms with Crippen LogP contribution in [0.4, 0.5) is 17.3 Å². The summed E-state index contributed by atoms with van der Waals surface area (Å²) in [5.74, 6) is 3.02. The molecule has 3 N–H and O–H groups in total. The Labute approximate surface area is 186 Å². The number of nitrogens with one attached hydrogen (secondary N) is 3. The topological polar surface area (TPSA) is 105 Å². The number of nitrogens with zero attached hydrogens (tertiary/aromatic N) is 3. The van der Waals surface area contributed by atoms with Crippen molar-refractivity contribution in [3.63, 3.8) is 0 Å². The molecule has 164 valence electrons. The highest BCUT2D eigenvalue weighted by Gasteiger charge is 2.29. The van der Waals surface area contributed by atoms with Crippen molar-refractivity contribution < 1.29 is 9.53 Å². The van der Waals surface area contributed by atoms with E-state index < -0.39 is 0 Å². The zero-order valence-corrected chi connectivity index (χ0v) is 18.3. The molecule has 2 aromatic carbocycles. The van der Waals surface area contributed by atoms with E-state index in [1.165, 1.54) is 5.56 Å². The number of carbonyl (C=O) groups excluding carboxylic acids is 1. The van der Waals surface area contributed by atoms with Crippen LogP contribution < -0.4 is 15.4 Å². The molecule has 2 aromatic heterocycles. The van der Waals surface area contributed by atoms with Gasteiger partial charge in [0, 0.05) is 17.0 Å². The average Bonchev–Trinajstić information content (AvgIpc) is 3.58. The van der Waals surface area contributed by atoms with Crippen LogP contribution in [-0.4, -0.2) is 33.2 Å². The van der Waals surface area contributed by atoms with E-state index in [-0.39, 0.29) is 11.8 Å². The van der Waals surface area contributed by atoms with E-state index in [4.69, 9.17) is 4.74 Å². The van der Waals surface area contributed by atoms with Crippen LogP contribution in [0.3, 0.4) is 0 Å². The van der Waals surface area contributed by atoms with Crippen LogP contribution in [0.15, 0.2) is 54.7 Å². The van der Waals surface area contributed by atoms with Crippen LogP contribution >= 0.6 is 0 Å². The fourth-order valence-electron chi connectivity index (χ4n) is 3.10. The summed E-state index contributed by atoms with van der Waals surface area (Å²) in [6.45, 7) is 3.86. The molecule has 0 bridgehead atoms. The number of carbonyl (C=O) groups is 1. The number of methoxy groups -OCH3 is 1. The number of ether oxygens (including phenoxy) is 1. The minimum Gasteiger partial charge on any atom is -0.491 e. The number of amides is 1. The lowest BCUT2D eigenvalue weighted by atomic mass is 10.2. The number of fused-ring (bicyclic) bond motifs is 1. The number of para-hydroxylation sites is 1. The standard InChI is InChI=1S/C13H13N5O.C11H13NO/c1-8-14-7-11(19-2)13(15-8)16-12-9-5-3-4-6-10(9)17-18-12;1-8-2-6-10(7-3-8)12-11(13)9-4-5-9/h3-7H,1-2H3,(H2,14,15,16,17,18);2-3,6-7,9H,4-5H2,1H3,(H,12,13). The maximum Gasteiger partial charge on any atom is 0.227 e. The predicted octanol–water partition coefficient (Wildman–Crippen LogP) is 4.76. The van der Waals surface area contributed by atoms with Crippen molar-refractivity contribution in [1.82, 2.24) is 20.2 Å². The van der Waals surface area contributed by atoms with E-state index in [0.717, 1.165) is 29.4 Å². The molecule has 0 saturated heterocycles. The van der Waals surface area contributed by atoms with Gasteiger partial charge >= 0.3 is 0 Å². The number of anilines is 3. The third-order valence-corrected chi connectivity index (χ3v) is 5.07. The second-order valence-electron chi connectivity index (χ2n) is 7.71. The smallest absolute Gasteiger partial charge is 0.227 e. The van der Waals surface area contributed by atoms with E-state index in [1.807, 2.05) is 62.4 Å². The first-order chi connectivity index (χ1) is 15.5. The third-order valence-electron chi connectivity index (χ3n) is 5.07. The molecule has 32 heavy (non-hydrogen) atoms. The molecule has 1 amide bonds. The van der Waals surface area contributed by atoms with E-state index >= 15 is 0 Å². The maximum absolute atomic E-state index is 11.3. The molecule has 0 unspecified atom stereocenters. The van der Waals surface area contributed by atoms with Crippen molar-refractivity contribution in [3.05, 3.63) is 66.1 Å². The van der Waals surface area contributed by atoms with Gasteiger partial charge in [0.15, 0.2) is 17.4 Å². The number of aromatic amines is 1. The number of aromatic nitrogens is 4. The van der Waals surface area contributed by atoms with Crippen molar-refractivity contribution in [1.29, 1.82) is 0 Å². The predicted molar refractivity (Wildman–Crippen MR) is 125 cm³/mol. The summed E-state index contributed by atoms with van der Waals surface area (Å²) in [6, 6.07) is 15.8. The molecule has 0 aliphatic heterocycles. The molecule has 1 aliphatic rings. The fourth-order valence-corrected chi connectivity index (χ4v) is 3.10. The lowest BCUT2D eigenvalue weighted by molar-refractivity contribution is -0.117. The van der Waals surface area contributed by atoms with Gasteiger partial charge in [-0.25, -0.2) is 9.97 Å². The third kappa shape index (κ3) is 5.21. The summed E-state index contributed by atoms with van der Waals surface area (Å²) in [4.78, 5) is 19.8. The second-order valence-corrected chi connectivity index (χ2v) is 7.71. The molecule has 8 nitrogen and oxygen atoms in total. The maximum atomic E-state index is 11.3. The highest BCUT2D eigenvalue weighted by Crippen LogP contribution is 2.30. The van der Waals surface area contributed by atoms with Crippen LogP contribution in [-0.2, 0) is 4.79 Å². The molecular formula is C24H26N6O2. The van der Waals surface area contributed by atoms with Crippen molar-refractivity contribution in [3.8, 4) is 5.75 Å². The van der Waals surface area contributed by atoms with Gasteiger partial charge in [-0.15, -0.1) is 0 Å². The first-order valence-corrected chi connectivity index (χ1v) is 10.5. The van der Waals surface area contributed by atoms with Crippen molar-refractivity contribution >= 4 is 34.1 Å². The second kappa shape index (κ2) is 9.47. The molecular weight excluding hydrogens is 404 g/mol. The zero-order chi connectivity index (χ0) is 22.5. The number of H-pyrrole nitrogens is 1. The molecule has 1 saturated carbocycles. The fraction of sp³-hybridized carbons (Fsp3) is 0.250. The molecule has 2 heterocycles. The van der Waals surface area contributed by atoms with Gasteiger partial charge in [0.2, 0.25) is 5.91 Å². The number of hydrogen-bond donors (Lipinski definition) is 3. The summed E-state index contributed by atoms with van der Waals surface area (Å²) < 4.78 is 5.24. The summed E-state index contributed by atoms with van der Waals surface area (Å²) in [6.07, 6.45) is 3.74. The van der Waals surface area contributed by atoms with Gasteiger partial charge in [0.05, 0.1) is 18.8 Å². The summed E-state index contributed by atoms with van der Waals surface area (Å²) in [5, 5.41) is 14.3. The van der Waals surface area contributed by atoms with E-state index in [0.29, 0.717) is 23.2 Å². The van der Waals surface area contributed by atoms with Crippen LogP contribution in [0.1, 0.15) is 24.2 Å². The molecule has 0 spiro atoms. The highest BCUT2D eigenvalue weighted by molar-refractivity contribution is 5.94. The van der Waals surface area contributed by atoms with Gasteiger partial charge in [0.25, 0.3) is 0 Å². The lowest BCUT2D eigenvalue weighted by Crippen LogP contribution is -2.12. The number of rotatable bonds is 5. The lowest BCUT2D eigenvalue weighted by Gasteiger charge is -2.08. The number of hydrogen-bond acceptors (Lipinski definition) is 6. The van der Waals surface area contributed by atoms with Gasteiger partial charge in [-0.3, -0.25) is 9.89 Å². The molecule has 0 atom stereocenters. The Morgan fingerprint density at radius 1 is 1.06 bits per heavy atom. The summed E-state index contributed by atoms with van der Waals surface area (Å²) in [5.41, 5.74) is 3.08. The largest absolute Gasteiger partial charge is 0.491 e. The van der Waals surface area contributed by atoms with Crippen LogP contribution in [0.25, 0.3) is 10.9 Å². The van der Waals surface area contributed by atoms with Crippen LogP contribution in [0, 0.1) is 19.8 Å². The molecule has 1 aliphatic carbocycles. The average molecular weight is 431 g/mol. The Balaban J connectivity index is 0.000000165. The van der Waals surface area contributed by atoms with Gasteiger partial charge in [-0.1, -0.05) is 29.8 Å². The molecule has 0 radical (unpaired) electrons. The van der Waals surface area contributed by atoms with Gasteiger partial charge < -0.3 is 15.4 Å². The van der Waals surface area contributed by atoms with E-state index in [9.17, 15) is 4.79 Å². The Morgan fingerprint density at radius 3 is 2.53 bits per heavy atom. The van der Waals surface area contributed by atoms with Gasteiger partial charge in [0.1, 0.15) is 5.82 Å². The molecule has 8 heteroatoms. The molecule has 5 rings (SSSR count). The molecule has 4 aromatic rings. The molecule has 1 fully saturated rings. The normalized spacial score (nSPS) is 12.6. The van der Waals surface area contributed by atoms with Gasteiger partial charge in [-0.2, -0.15) is 5.10 Å². The summed E-state index contributed by atoms with van der Waals surface area (Å²) >= 11 is 0. The van der Waals surface area contributed by atoms with Crippen LogP contribution in [0.5, 0.6) is 5.75 Å². The Kier molecular flexibility index (Phi) is 6.30.